The number of nitrogens with zero attached hydrogens (tertiary/aromatic N) is 1. The van der Waals surface area contributed by atoms with Crippen LogP contribution in [0.4, 0.5) is 0 Å². The highest BCUT2D eigenvalue weighted by molar-refractivity contribution is 5.45. The average molecular weight is 296 g/mol. The second-order valence-corrected chi connectivity index (χ2v) is 5.97. The average Bonchev–Trinajstić information content (AvgIpc) is 3.02. The van der Waals surface area contributed by atoms with E-state index in [9.17, 15) is 0 Å². The van der Waals surface area contributed by atoms with Gasteiger partial charge in [-0.1, -0.05) is 30.3 Å². The van der Waals surface area contributed by atoms with Crippen molar-refractivity contribution in [1.82, 2.24) is 4.90 Å². The number of nitrogens with two attached hydrogens (primary N) is 1. The molecule has 0 aromatic heterocycles. The second-order valence-electron chi connectivity index (χ2n) is 5.97. The lowest BCUT2D eigenvalue weighted by Crippen LogP contribution is -2.36. The number of hydrogen-bond donors (Lipinski definition) is 1. The number of hydrogen-bond acceptors (Lipinski definition) is 4. The van der Waals surface area contributed by atoms with Crippen LogP contribution in [0.1, 0.15) is 22.7 Å². The number of benzene rings is 2. The second kappa shape index (κ2) is 5.63. The standard InChI is InChI=1S/C18H20N2O2/c19-16(14-5-6-17-18(9-14)22-12-21-17)11-20-8-7-13-3-1-2-4-15(13)10-20/h1-6,9,16H,7-8,10-12,19H2. The minimum atomic E-state index is -0.0141. The minimum Gasteiger partial charge on any atom is -0.454 e. The van der Waals surface area contributed by atoms with E-state index in [1.54, 1.807) is 0 Å². The summed E-state index contributed by atoms with van der Waals surface area (Å²) in [4.78, 5) is 2.43. The molecule has 4 heteroatoms. The minimum absolute atomic E-state index is 0.0141. The van der Waals surface area contributed by atoms with Crippen LogP contribution in [0.15, 0.2) is 42.5 Å². The SMILES string of the molecule is NC(CN1CCc2ccccc2C1)c1ccc2c(c1)OCO2. The van der Waals surface area contributed by atoms with Crippen LogP contribution in [0.2, 0.25) is 0 Å². The Morgan fingerprint density at radius 3 is 2.77 bits per heavy atom. The molecule has 0 amide bonds. The van der Waals surface area contributed by atoms with Gasteiger partial charge in [0.15, 0.2) is 11.5 Å². The smallest absolute Gasteiger partial charge is 0.231 e. The molecule has 4 rings (SSSR count). The van der Waals surface area contributed by atoms with Gasteiger partial charge in [0.25, 0.3) is 0 Å². The number of rotatable bonds is 3. The Bertz CT molecular complexity index is 687. The molecule has 1 unspecified atom stereocenters. The lowest BCUT2D eigenvalue weighted by molar-refractivity contribution is 0.174. The number of fused-ring (bicyclic) bond motifs is 2. The van der Waals surface area contributed by atoms with Crippen molar-refractivity contribution in [3.05, 3.63) is 59.2 Å². The van der Waals surface area contributed by atoms with Gasteiger partial charge in [0.2, 0.25) is 6.79 Å². The lowest BCUT2D eigenvalue weighted by Gasteiger charge is -2.30. The molecule has 2 N–H and O–H groups in total. The van der Waals surface area contributed by atoms with Crippen LogP contribution < -0.4 is 15.2 Å². The van der Waals surface area contributed by atoms with Gasteiger partial charge >= 0.3 is 0 Å². The molecule has 0 radical (unpaired) electrons. The maximum atomic E-state index is 6.40. The van der Waals surface area contributed by atoms with Crippen LogP contribution in [-0.2, 0) is 13.0 Å². The molecular formula is C18H20N2O2. The van der Waals surface area contributed by atoms with E-state index in [2.05, 4.69) is 29.2 Å². The first kappa shape index (κ1) is 13.6. The molecule has 1 atom stereocenters. The van der Waals surface area contributed by atoms with Crippen molar-refractivity contribution < 1.29 is 9.47 Å². The van der Waals surface area contributed by atoms with E-state index in [1.807, 2.05) is 18.2 Å². The maximum Gasteiger partial charge on any atom is 0.231 e. The fourth-order valence-corrected chi connectivity index (χ4v) is 3.24. The van der Waals surface area contributed by atoms with Crippen molar-refractivity contribution in [3.63, 3.8) is 0 Å². The van der Waals surface area contributed by atoms with Gasteiger partial charge in [-0.05, 0) is 35.2 Å². The van der Waals surface area contributed by atoms with E-state index in [0.29, 0.717) is 6.79 Å². The summed E-state index contributed by atoms with van der Waals surface area (Å²) in [6, 6.07) is 14.6. The third-order valence-electron chi connectivity index (χ3n) is 4.49. The molecule has 2 aromatic carbocycles. The molecule has 0 bridgehead atoms. The third-order valence-corrected chi connectivity index (χ3v) is 4.49. The zero-order valence-corrected chi connectivity index (χ0v) is 12.5. The summed E-state index contributed by atoms with van der Waals surface area (Å²) in [5.41, 5.74) is 10.4. The summed E-state index contributed by atoms with van der Waals surface area (Å²) in [6.45, 7) is 3.20. The highest BCUT2D eigenvalue weighted by Crippen LogP contribution is 2.34. The Labute approximate surface area is 130 Å². The predicted octanol–water partition coefficient (Wildman–Crippen LogP) is 2.47. The van der Waals surface area contributed by atoms with Crippen LogP contribution in [0, 0.1) is 0 Å². The van der Waals surface area contributed by atoms with Crippen LogP contribution >= 0.6 is 0 Å². The molecule has 0 fully saturated rings. The molecule has 2 aliphatic heterocycles. The Kier molecular flexibility index (Phi) is 3.48. The quantitative estimate of drug-likeness (QED) is 0.945. The van der Waals surface area contributed by atoms with Gasteiger partial charge < -0.3 is 15.2 Å². The predicted molar refractivity (Wildman–Crippen MR) is 84.9 cm³/mol. The largest absolute Gasteiger partial charge is 0.454 e. The topological polar surface area (TPSA) is 47.7 Å². The fourth-order valence-electron chi connectivity index (χ4n) is 3.24. The van der Waals surface area contributed by atoms with E-state index >= 15 is 0 Å². The summed E-state index contributed by atoms with van der Waals surface area (Å²) < 4.78 is 10.8. The molecule has 2 aromatic rings. The van der Waals surface area contributed by atoms with Crippen LogP contribution in [0.3, 0.4) is 0 Å². The van der Waals surface area contributed by atoms with Crippen molar-refractivity contribution in [2.75, 3.05) is 19.9 Å². The molecule has 0 saturated heterocycles. The van der Waals surface area contributed by atoms with Gasteiger partial charge in [-0.25, -0.2) is 0 Å². The van der Waals surface area contributed by atoms with Crippen LogP contribution in [0.5, 0.6) is 11.5 Å². The van der Waals surface area contributed by atoms with E-state index < -0.39 is 0 Å². The van der Waals surface area contributed by atoms with E-state index in [-0.39, 0.29) is 6.04 Å². The molecule has 2 heterocycles. The van der Waals surface area contributed by atoms with Crippen molar-refractivity contribution in [2.45, 2.75) is 19.0 Å². The van der Waals surface area contributed by atoms with Crippen molar-refractivity contribution in [2.24, 2.45) is 5.73 Å². The fraction of sp³-hybridized carbons (Fsp3) is 0.333. The monoisotopic (exact) mass is 296 g/mol. The zero-order valence-electron chi connectivity index (χ0n) is 12.5. The van der Waals surface area contributed by atoms with Gasteiger partial charge in [0.05, 0.1) is 0 Å². The maximum absolute atomic E-state index is 6.40. The van der Waals surface area contributed by atoms with Crippen molar-refractivity contribution in [3.8, 4) is 11.5 Å². The molecule has 2 aliphatic rings. The molecular weight excluding hydrogens is 276 g/mol. The van der Waals surface area contributed by atoms with E-state index in [4.69, 9.17) is 15.2 Å². The van der Waals surface area contributed by atoms with Crippen LogP contribution in [0.25, 0.3) is 0 Å². The summed E-state index contributed by atoms with van der Waals surface area (Å²) in [6.07, 6.45) is 1.10. The Morgan fingerprint density at radius 1 is 1.05 bits per heavy atom. The van der Waals surface area contributed by atoms with E-state index in [1.165, 1.54) is 11.1 Å². The van der Waals surface area contributed by atoms with Crippen molar-refractivity contribution >= 4 is 0 Å². The summed E-state index contributed by atoms with van der Waals surface area (Å²) in [7, 11) is 0. The molecule has 114 valence electrons. The first-order valence-electron chi connectivity index (χ1n) is 7.74. The Morgan fingerprint density at radius 2 is 1.86 bits per heavy atom. The molecule has 0 aliphatic carbocycles. The van der Waals surface area contributed by atoms with Gasteiger partial charge in [-0.15, -0.1) is 0 Å². The number of ether oxygens (including phenoxy) is 2. The van der Waals surface area contributed by atoms with Gasteiger partial charge in [0.1, 0.15) is 0 Å². The summed E-state index contributed by atoms with van der Waals surface area (Å²) in [5, 5.41) is 0. The molecule has 0 saturated carbocycles. The Balaban J connectivity index is 1.45. The van der Waals surface area contributed by atoms with E-state index in [0.717, 1.165) is 43.1 Å². The molecule has 0 spiro atoms. The highest BCUT2D eigenvalue weighted by Gasteiger charge is 2.20. The highest BCUT2D eigenvalue weighted by atomic mass is 16.7. The summed E-state index contributed by atoms with van der Waals surface area (Å²) in [5.74, 6) is 1.61. The van der Waals surface area contributed by atoms with Crippen molar-refractivity contribution in [1.29, 1.82) is 0 Å². The molecule has 4 nitrogen and oxygen atoms in total. The van der Waals surface area contributed by atoms with Gasteiger partial charge in [-0.2, -0.15) is 0 Å². The molecule has 22 heavy (non-hydrogen) atoms. The lowest BCUT2D eigenvalue weighted by atomic mass is 9.98. The third kappa shape index (κ3) is 2.56. The van der Waals surface area contributed by atoms with Gasteiger partial charge in [-0.3, -0.25) is 4.90 Å². The first-order valence-corrected chi connectivity index (χ1v) is 7.74. The summed E-state index contributed by atoms with van der Waals surface area (Å²) >= 11 is 0. The normalized spacial score (nSPS) is 18.0. The van der Waals surface area contributed by atoms with Crippen LogP contribution in [-0.4, -0.2) is 24.8 Å². The van der Waals surface area contributed by atoms with Gasteiger partial charge in [0, 0.05) is 25.7 Å². The zero-order chi connectivity index (χ0) is 14.9. The first-order chi connectivity index (χ1) is 10.8. The Hall–Kier alpha value is -2.04.